The summed E-state index contributed by atoms with van der Waals surface area (Å²) in [6, 6.07) is 15.8. The number of hydrogen-bond donors (Lipinski definition) is 1. The van der Waals surface area contributed by atoms with Gasteiger partial charge in [0.1, 0.15) is 17.3 Å². The molecule has 190 valence electrons. The van der Waals surface area contributed by atoms with Crippen molar-refractivity contribution in [1.29, 1.82) is 0 Å². The lowest BCUT2D eigenvalue weighted by molar-refractivity contribution is -0.132. The van der Waals surface area contributed by atoms with E-state index in [-0.39, 0.29) is 11.3 Å². The van der Waals surface area contributed by atoms with Crippen LogP contribution in [0, 0.1) is 19.7 Å². The average Bonchev–Trinajstić information content (AvgIpc) is 3.51. The molecule has 0 radical (unpaired) electrons. The van der Waals surface area contributed by atoms with Gasteiger partial charge >= 0.3 is 0 Å². The molecule has 2 aliphatic heterocycles. The number of ketones is 1. The van der Waals surface area contributed by atoms with Gasteiger partial charge < -0.3 is 14.7 Å². The maximum absolute atomic E-state index is 13.8. The summed E-state index contributed by atoms with van der Waals surface area (Å²) in [4.78, 5) is 30.6. The van der Waals surface area contributed by atoms with Gasteiger partial charge in [-0.2, -0.15) is 0 Å². The summed E-state index contributed by atoms with van der Waals surface area (Å²) < 4.78 is 19.4. The Labute approximate surface area is 215 Å². The van der Waals surface area contributed by atoms with Crippen LogP contribution in [0.2, 0.25) is 0 Å². The molecule has 2 aliphatic rings. The number of amides is 1. The minimum absolute atomic E-state index is 0.0662. The van der Waals surface area contributed by atoms with Gasteiger partial charge in [0.15, 0.2) is 0 Å². The second kappa shape index (κ2) is 9.73. The molecule has 2 fully saturated rings. The topological polar surface area (TPSA) is 70.1 Å². The minimum atomic E-state index is -0.941. The van der Waals surface area contributed by atoms with Gasteiger partial charge in [0.2, 0.25) is 0 Å². The molecule has 0 spiro atoms. The molecule has 1 N–H and O–H groups in total. The monoisotopic (exact) mass is 500 g/mol. The van der Waals surface area contributed by atoms with Gasteiger partial charge in [-0.05, 0) is 85.8 Å². The number of carbonyl (C=O) groups is 2. The smallest absolute Gasteiger partial charge is 0.300 e. The quantitative estimate of drug-likeness (QED) is 0.277. The first kappa shape index (κ1) is 24.6. The lowest BCUT2D eigenvalue weighted by Gasteiger charge is -2.26. The zero-order valence-corrected chi connectivity index (χ0v) is 21.1. The molecule has 7 heteroatoms. The van der Waals surface area contributed by atoms with Gasteiger partial charge in [0, 0.05) is 24.5 Å². The van der Waals surface area contributed by atoms with E-state index in [1.807, 2.05) is 44.2 Å². The third-order valence-electron chi connectivity index (χ3n) is 7.11. The first-order valence-corrected chi connectivity index (χ1v) is 12.4. The Balaban J connectivity index is 1.67. The summed E-state index contributed by atoms with van der Waals surface area (Å²) in [6.07, 6.45) is 2.28. The molecule has 1 amide bonds. The largest absolute Gasteiger partial charge is 0.507 e. The molecule has 2 saturated heterocycles. The maximum Gasteiger partial charge on any atom is 0.300 e. The van der Waals surface area contributed by atoms with Crippen molar-refractivity contribution in [2.24, 2.45) is 0 Å². The zero-order valence-electron chi connectivity index (χ0n) is 21.1. The van der Waals surface area contributed by atoms with Crippen LogP contribution in [0.5, 0.6) is 5.75 Å². The number of rotatable bonds is 5. The lowest BCUT2D eigenvalue weighted by atomic mass is 9.93. The van der Waals surface area contributed by atoms with Gasteiger partial charge in [-0.15, -0.1) is 0 Å². The molecule has 3 aromatic rings. The maximum atomic E-state index is 13.8. The number of aliphatic hydroxyl groups excluding tert-OH is 1. The molecule has 5 rings (SSSR count). The van der Waals surface area contributed by atoms with E-state index >= 15 is 0 Å². The van der Waals surface area contributed by atoms with E-state index < -0.39 is 23.5 Å². The van der Waals surface area contributed by atoms with Crippen LogP contribution in [0.1, 0.15) is 41.1 Å². The van der Waals surface area contributed by atoms with Gasteiger partial charge in [0.25, 0.3) is 11.7 Å². The van der Waals surface area contributed by atoms with E-state index in [9.17, 15) is 19.1 Å². The highest BCUT2D eigenvalue weighted by molar-refractivity contribution is 6.51. The molecular formula is C30H29FN2O4. The summed E-state index contributed by atoms with van der Waals surface area (Å²) in [5.41, 5.74) is 3.99. The predicted molar refractivity (Wildman–Crippen MR) is 142 cm³/mol. The van der Waals surface area contributed by atoms with Crippen LogP contribution in [0.15, 0.2) is 66.2 Å². The van der Waals surface area contributed by atoms with Crippen LogP contribution in [0.25, 0.3) is 5.76 Å². The van der Waals surface area contributed by atoms with Gasteiger partial charge in [0.05, 0.1) is 24.3 Å². The minimum Gasteiger partial charge on any atom is -0.507 e. The molecule has 3 aromatic carbocycles. The van der Waals surface area contributed by atoms with Gasteiger partial charge in [-0.1, -0.05) is 18.2 Å². The number of aliphatic hydroxyl groups is 1. The van der Waals surface area contributed by atoms with Crippen LogP contribution in [-0.2, 0) is 9.59 Å². The second-order valence-electron chi connectivity index (χ2n) is 9.59. The summed E-state index contributed by atoms with van der Waals surface area (Å²) in [7, 11) is 1.49. The number of anilines is 2. The number of aryl methyl sites for hydroxylation is 2. The number of benzene rings is 3. The highest BCUT2D eigenvalue weighted by atomic mass is 19.1. The van der Waals surface area contributed by atoms with Crippen molar-refractivity contribution in [3.63, 3.8) is 0 Å². The van der Waals surface area contributed by atoms with Crippen LogP contribution < -0.4 is 14.5 Å². The number of hydrogen-bond acceptors (Lipinski definition) is 5. The first-order chi connectivity index (χ1) is 17.8. The van der Waals surface area contributed by atoms with Crippen molar-refractivity contribution in [2.45, 2.75) is 32.7 Å². The fourth-order valence-electron chi connectivity index (χ4n) is 5.40. The third-order valence-corrected chi connectivity index (χ3v) is 7.11. The zero-order chi connectivity index (χ0) is 26.3. The van der Waals surface area contributed by atoms with E-state index in [0.29, 0.717) is 22.6 Å². The molecule has 2 heterocycles. The van der Waals surface area contributed by atoms with Gasteiger partial charge in [-0.25, -0.2) is 4.39 Å². The molecule has 0 aliphatic carbocycles. The molecule has 0 bridgehead atoms. The first-order valence-electron chi connectivity index (χ1n) is 12.4. The Kier molecular flexibility index (Phi) is 6.46. The Morgan fingerprint density at radius 3 is 2.19 bits per heavy atom. The summed E-state index contributed by atoms with van der Waals surface area (Å²) in [5.74, 6) is -1.91. The SMILES string of the molecule is COc1c(C)cc(C)cc1/C(O)=C1\C(=O)C(=O)N(c2ccc(N3CCCC3)cc2)C1c1ccc(F)cc1. The Hall–Kier alpha value is -4.13. The number of ether oxygens (including phenoxy) is 1. The molecule has 37 heavy (non-hydrogen) atoms. The lowest BCUT2D eigenvalue weighted by Crippen LogP contribution is -2.29. The van der Waals surface area contributed by atoms with E-state index in [0.717, 1.165) is 42.7 Å². The second-order valence-corrected chi connectivity index (χ2v) is 9.59. The molecule has 0 aromatic heterocycles. The van der Waals surface area contributed by atoms with Crippen LogP contribution >= 0.6 is 0 Å². The molecular weight excluding hydrogens is 471 g/mol. The number of Topliss-reactive ketones (excluding diaryl/α,β-unsaturated/α-hetero) is 1. The number of halogens is 1. The van der Waals surface area contributed by atoms with E-state index in [2.05, 4.69) is 4.90 Å². The molecule has 0 saturated carbocycles. The molecule has 1 unspecified atom stereocenters. The van der Waals surface area contributed by atoms with E-state index in [1.54, 1.807) is 6.07 Å². The summed E-state index contributed by atoms with van der Waals surface area (Å²) in [5, 5.41) is 11.5. The Morgan fingerprint density at radius 2 is 1.57 bits per heavy atom. The van der Waals surface area contributed by atoms with E-state index in [1.165, 1.54) is 36.3 Å². The van der Waals surface area contributed by atoms with Gasteiger partial charge in [-0.3, -0.25) is 14.5 Å². The fraction of sp³-hybridized carbons (Fsp3) is 0.267. The molecule has 6 nitrogen and oxygen atoms in total. The van der Waals surface area contributed by atoms with Crippen LogP contribution in [-0.4, -0.2) is 37.0 Å². The van der Waals surface area contributed by atoms with Crippen molar-refractivity contribution in [3.05, 3.63) is 94.3 Å². The highest BCUT2D eigenvalue weighted by Gasteiger charge is 2.47. The van der Waals surface area contributed by atoms with E-state index in [4.69, 9.17) is 4.74 Å². The predicted octanol–water partition coefficient (Wildman–Crippen LogP) is 5.68. The Bertz CT molecular complexity index is 1390. The third kappa shape index (κ3) is 4.35. The number of nitrogens with zero attached hydrogens (tertiary/aromatic N) is 2. The number of methoxy groups -OCH3 is 1. The van der Waals surface area contributed by atoms with Crippen molar-refractivity contribution in [1.82, 2.24) is 0 Å². The molecule has 1 atom stereocenters. The number of carbonyl (C=O) groups excluding carboxylic acids is 2. The summed E-state index contributed by atoms with van der Waals surface area (Å²) in [6.45, 7) is 5.69. The van der Waals surface area contributed by atoms with Crippen molar-refractivity contribution in [3.8, 4) is 5.75 Å². The van der Waals surface area contributed by atoms with Crippen molar-refractivity contribution in [2.75, 3.05) is 30.0 Å². The normalized spacial score (nSPS) is 19.1. The van der Waals surface area contributed by atoms with Crippen molar-refractivity contribution < 1.29 is 23.8 Å². The van der Waals surface area contributed by atoms with Crippen LogP contribution in [0.3, 0.4) is 0 Å². The standard InChI is InChI=1S/C30H29FN2O4/c1-18-16-19(2)29(37-3)24(17-18)27(34)25-26(20-6-8-21(31)9-7-20)33(30(36)28(25)35)23-12-10-22(11-13-23)32-14-4-5-15-32/h6-13,16-17,26,34H,4-5,14-15H2,1-3H3/b27-25+. The average molecular weight is 501 g/mol. The van der Waals surface area contributed by atoms with Crippen LogP contribution in [0.4, 0.5) is 15.8 Å². The summed E-state index contributed by atoms with van der Waals surface area (Å²) >= 11 is 0. The van der Waals surface area contributed by atoms with Crippen molar-refractivity contribution >= 4 is 28.8 Å². The fourth-order valence-corrected chi connectivity index (χ4v) is 5.40. The Morgan fingerprint density at radius 1 is 0.946 bits per heavy atom. The highest BCUT2D eigenvalue weighted by Crippen LogP contribution is 2.44.